The van der Waals surface area contributed by atoms with Gasteiger partial charge in [-0.05, 0) is 31.2 Å². The average Bonchev–Trinajstić information content (AvgIpc) is 3.27. The fraction of sp³-hybridized carbons (Fsp3) is 0.524. The van der Waals surface area contributed by atoms with Gasteiger partial charge in [-0.1, -0.05) is 0 Å². The Bertz CT molecular complexity index is 769. The molecule has 0 bridgehead atoms. The first kappa shape index (κ1) is 21.0. The van der Waals surface area contributed by atoms with Gasteiger partial charge in [0.25, 0.3) is 0 Å². The molecule has 3 rings (SSSR count). The number of nitrogens with zero attached hydrogens (tertiary/aromatic N) is 5. The molecule has 0 radical (unpaired) electrons. The van der Waals surface area contributed by atoms with Crippen LogP contribution in [0.1, 0.15) is 12.5 Å². The second kappa shape index (κ2) is 10.7. The summed E-state index contributed by atoms with van der Waals surface area (Å²) < 4.78 is 12.8. The largest absolute Gasteiger partial charge is 0.497 e. The van der Waals surface area contributed by atoms with Gasteiger partial charge in [0.1, 0.15) is 11.5 Å². The zero-order valence-corrected chi connectivity index (χ0v) is 17.7. The van der Waals surface area contributed by atoms with E-state index in [9.17, 15) is 0 Å². The van der Waals surface area contributed by atoms with Crippen molar-refractivity contribution >= 4 is 5.96 Å². The predicted molar refractivity (Wildman–Crippen MR) is 115 cm³/mol. The lowest BCUT2D eigenvalue weighted by molar-refractivity contribution is 0.171. The van der Waals surface area contributed by atoms with E-state index in [1.54, 1.807) is 20.4 Å². The van der Waals surface area contributed by atoms with Crippen LogP contribution in [-0.2, 0) is 13.1 Å². The molecule has 0 spiro atoms. The maximum absolute atomic E-state index is 5.52. The quantitative estimate of drug-likeness (QED) is 0.537. The normalized spacial score (nSPS) is 15.4. The van der Waals surface area contributed by atoms with E-state index in [0.29, 0.717) is 6.54 Å². The first-order valence-corrected chi connectivity index (χ1v) is 10.2. The second-order valence-corrected chi connectivity index (χ2v) is 6.95. The van der Waals surface area contributed by atoms with Crippen LogP contribution in [0.25, 0.3) is 0 Å². The van der Waals surface area contributed by atoms with Crippen LogP contribution in [0.4, 0.5) is 0 Å². The van der Waals surface area contributed by atoms with Crippen molar-refractivity contribution < 1.29 is 9.47 Å². The number of aromatic nitrogens is 2. The highest BCUT2D eigenvalue weighted by atomic mass is 16.5. The lowest BCUT2D eigenvalue weighted by Gasteiger charge is -2.36. The van der Waals surface area contributed by atoms with Gasteiger partial charge in [-0.25, -0.2) is 0 Å². The first-order chi connectivity index (χ1) is 14.2. The van der Waals surface area contributed by atoms with E-state index in [1.807, 2.05) is 29.1 Å². The summed E-state index contributed by atoms with van der Waals surface area (Å²) in [5.41, 5.74) is 1.15. The monoisotopic (exact) mass is 400 g/mol. The van der Waals surface area contributed by atoms with Gasteiger partial charge < -0.3 is 19.7 Å². The molecule has 2 aromatic rings. The Hall–Kier alpha value is -2.74. The van der Waals surface area contributed by atoms with Crippen LogP contribution in [-0.4, -0.2) is 79.0 Å². The van der Waals surface area contributed by atoms with Gasteiger partial charge in [0, 0.05) is 57.2 Å². The summed E-state index contributed by atoms with van der Waals surface area (Å²) >= 11 is 0. The summed E-state index contributed by atoms with van der Waals surface area (Å²) in [5, 5.41) is 7.66. The molecule has 0 aliphatic carbocycles. The van der Waals surface area contributed by atoms with Crippen LogP contribution in [0.15, 0.2) is 41.7 Å². The van der Waals surface area contributed by atoms with Gasteiger partial charge in [-0.3, -0.25) is 14.6 Å². The number of guanidine groups is 1. The zero-order chi connectivity index (χ0) is 20.5. The summed E-state index contributed by atoms with van der Waals surface area (Å²) in [6, 6.07) is 7.90. The van der Waals surface area contributed by atoms with E-state index in [4.69, 9.17) is 14.5 Å². The van der Waals surface area contributed by atoms with Crippen molar-refractivity contribution in [2.75, 3.05) is 53.5 Å². The van der Waals surface area contributed by atoms with Crippen LogP contribution in [0.3, 0.4) is 0 Å². The van der Waals surface area contributed by atoms with Gasteiger partial charge in [0.2, 0.25) is 0 Å². The standard InChI is InChI=1S/C21H32N6O2/c1-4-22-21(23-9-11-27-10-5-8-24-27)26-14-12-25(13-15-26)17-18-16-19(28-2)6-7-20(18)29-3/h5-8,10,16H,4,9,11-15,17H2,1-3H3,(H,22,23). The van der Waals surface area contributed by atoms with Crippen molar-refractivity contribution in [2.24, 2.45) is 4.99 Å². The molecule has 2 heterocycles. The fourth-order valence-corrected chi connectivity index (χ4v) is 3.48. The molecule has 29 heavy (non-hydrogen) atoms. The summed E-state index contributed by atoms with van der Waals surface area (Å²) in [7, 11) is 3.41. The highest BCUT2D eigenvalue weighted by molar-refractivity contribution is 5.80. The molecule has 1 aliphatic heterocycles. The van der Waals surface area contributed by atoms with Gasteiger partial charge in [-0.15, -0.1) is 0 Å². The minimum Gasteiger partial charge on any atom is -0.497 e. The number of ether oxygens (including phenoxy) is 2. The van der Waals surface area contributed by atoms with Crippen LogP contribution in [0, 0.1) is 0 Å². The van der Waals surface area contributed by atoms with E-state index in [2.05, 4.69) is 33.2 Å². The molecule has 8 nitrogen and oxygen atoms in total. The Morgan fingerprint density at radius 2 is 2.00 bits per heavy atom. The average molecular weight is 401 g/mol. The third-order valence-corrected chi connectivity index (χ3v) is 5.04. The molecule has 1 aromatic heterocycles. The molecular formula is C21H32N6O2. The third kappa shape index (κ3) is 5.87. The van der Waals surface area contributed by atoms with Crippen LogP contribution in [0.5, 0.6) is 11.5 Å². The molecule has 0 unspecified atom stereocenters. The van der Waals surface area contributed by atoms with Gasteiger partial charge in [-0.2, -0.15) is 5.10 Å². The van der Waals surface area contributed by atoms with Crippen LogP contribution in [0.2, 0.25) is 0 Å². The number of piperazine rings is 1. The van der Waals surface area contributed by atoms with Crippen molar-refractivity contribution in [3.63, 3.8) is 0 Å². The van der Waals surface area contributed by atoms with Crippen LogP contribution >= 0.6 is 0 Å². The fourth-order valence-electron chi connectivity index (χ4n) is 3.48. The lowest BCUT2D eigenvalue weighted by Crippen LogP contribution is -2.52. The first-order valence-electron chi connectivity index (χ1n) is 10.2. The van der Waals surface area contributed by atoms with Gasteiger partial charge in [0.05, 0.1) is 27.3 Å². The van der Waals surface area contributed by atoms with Gasteiger partial charge >= 0.3 is 0 Å². The molecule has 0 atom stereocenters. The third-order valence-electron chi connectivity index (χ3n) is 5.04. The topological polar surface area (TPSA) is 67.2 Å². The molecule has 1 fully saturated rings. The summed E-state index contributed by atoms with van der Waals surface area (Å²) in [4.78, 5) is 9.57. The Balaban J connectivity index is 1.55. The second-order valence-electron chi connectivity index (χ2n) is 6.95. The van der Waals surface area contributed by atoms with E-state index in [1.165, 1.54) is 0 Å². The van der Waals surface area contributed by atoms with Crippen molar-refractivity contribution in [1.29, 1.82) is 0 Å². The molecule has 8 heteroatoms. The van der Waals surface area contributed by atoms with Crippen molar-refractivity contribution in [1.82, 2.24) is 24.9 Å². The number of hydrogen-bond acceptors (Lipinski definition) is 5. The molecule has 1 saturated heterocycles. The predicted octanol–water partition coefficient (Wildman–Crippen LogP) is 1.68. The highest BCUT2D eigenvalue weighted by Gasteiger charge is 2.20. The summed E-state index contributed by atoms with van der Waals surface area (Å²) in [5.74, 6) is 2.75. The van der Waals surface area contributed by atoms with E-state index in [-0.39, 0.29) is 0 Å². The zero-order valence-electron chi connectivity index (χ0n) is 17.7. The Morgan fingerprint density at radius 1 is 1.17 bits per heavy atom. The lowest BCUT2D eigenvalue weighted by atomic mass is 10.1. The van der Waals surface area contributed by atoms with Crippen LogP contribution < -0.4 is 14.8 Å². The van der Waals surface area contributed by atoms with Gasteiger partial charge in [0.15, 0.2) is 5.96 Å². The minimum absolute atomic E-state index is 0.714. The van der Waals surface area contributed by atoms with E-state index >= 15 is 0 Å². The minimum atomic E-state index is 0.714. The molecule has 1 aliphatic rings. The van der Waals surface area contributed by atoms with E-state index in [0.717, 1.165) is 68.8 Å². The number of methoxy groups -OCH3 is 2. The summed E-state index contributed by atoms with van der Waals surface area (Å²) in [6.07, 6.45) is 3.76. The SMILES string of the molecule is CCNC(=NCCn1cccn1)N1CCN(Cc2cc(OC)ccc2OC)CC1. The maximum Gasteiger partial charge on any atom is 0.194 e. The van der Waals surface area contributed by atoms with E-state index < -0.39 is 0 Å². The molecular weight excluding hydrogens is 368 g/mol. The maximum atomic E-state index is 5.52. The molecule has 158 valence electrons. The molecule has 0 saturated carbocycles. The number of hydrogen-bond donors (Lipinski definition) is 1. The molecule has 0 amide bonds. The number of nitrogens with one attached hydrogen (secondary N) is 1. The Morgan fingerprint density at radius 3 is 2.66 bits per heavy atom. The number of benzene rings is 1. The smallest absolute Gasteiger partial charge is 0.194 e. The van der Waals surface area contributed by atoms with Crippen molar-refractivity contribution in [3.8, 4) is 11.5 Å². The Labute approximate surface area is 173 Å². The van der Waals surface area contributed by atoms with Crippen molar-refractivity contribution in [2.45, 2.75) is 20.0 Å². The Kier molecular flexibility index (Phi) is 7.75. The summed E-state index contributed by atoms with van der Waals surface area (Å²) in [6.45, 7) is 9.16. The highest BCUT2D eigenvalue weighted by Crippen LogP contribution is 2.25. The van der Waals surface area contributed by atoms with Crippen molar-refractivity contribution in [3.05, 3.63) is 42.2 Å². The number of aliphatic imine (C=N–C) groups is 1. The number of rotatable bonds is 8. The molecule has 1 N–H and O–H groups in total. The molecule has 1 aromatic carbocycles.